The monoisotopic (exact) mass is 254 g/mol. The van der Waals surface area contributed by atoms with Crippen molar-refractivity contribution in [1.29, 1.82) is 0 Å². The first kappa shape index (κ1) is 13.4. The highest BCUT2D eigenvalue weighted by Gasteiger charge is 2.03. The lowest BCUT2D eigenvalue weighted by Crippen LogP contribution is -2.20. The van der Waals surface area contributed by atoms with Crippen molar-refractivity contribution in [2.75, 3.05) is 13.1 Å². The molecule has 2 aromatic heterocycles. The molecule has 0 atom stereocenters. The third-order valence-corrected chi connectivity index (χ3v) is 1.72. The Kier molecular flexibility index (Phi) is 5.60. The summed E-state index contributed by atoms with van der Waals surface area (Å²) in [5.74, 6) is 0. The van der Waals surface area contributed by atoms with Crippen LogP contribution in [0.25, 0.3) is 0 Å². The summed E-state index contributed by atoms with van der Waals surface area (Å²) >= 11 is 0. The van der Waals surface area contributed by atoms with Gasteiger partial charge >= 0.3 is 17.4 Å². The molecule has 2 aromatic rings. The number of imidazole rings is 2. The van der Waals surface area contributed by atoms with E-state index in [2.05, 4.69) is 30.6 Å². The lowest BCUT2D eigenvalue weighted by Gasteiger charge is -1.80. The van der Waals surface area contributed by atoms with E-state index in [0.29, 0.717) is 0 Å². The Bertz CT molecular complexity index is 469. The van der Waals surface area contributed by atoms with Gasteiger partial charge < -0.3 is 30.6 Å². The smallest absolute Gasteiger partial charge is 0.322 e. The molecule has 98 valence electrons. The number of nitrogens with one attached hydrogen (secondary N) is 6. The lowest BCUT2D eigenvalue weighted by atomic mass is 10.7. The topological polar surface area (TPSA) is 138 Å². The zero-order valence-electron chi connectivity index (χ0n) is 9.45. The third-order valence-electron chi connectivity index (χ3n) is 1.72. The van der Waals surface area contributed by atoms with E-state index in [1.807, 2.05) is 0 Å². The Morgan fingerprint density at radius 1 is 0.667 bits per heavy atom. The highest BCUT2D eigenvalue weighted by atomic mass is 16.2. The van der Waals surface area contributed by atoms with E-state index in [9.17, 15) is 14.4 Å². The minimum atomic E-state index is -0.157. The summed E-state index contributed by atoms with van der Waals surface area (Å²) in [5.41, 5.74) is -0.315. The molecule has 3 rings (SSSR count). The average Bonchev–Trinajstić information content (AvgIpc) is 3.05. The van der Waals surface area contributed by atoms with Crippen LogP contribution in [0, 0.1) is 0 Å². The minimum absolute atomic E-state index is 0.0463. The fourth-order valence-electron chi connectivity index (χ4n) is 0.967. The van der Waals surface area contributed by atoms with Gasteiger partial charge in [0.2, 0.25) is 0 Å². The first-order valence-electron chi connectivity index (χ1n) is 5.14. The van der Waals surface area contributed by atoms with Gasteiger partial charge in [0, 0.05) is 37.9 Å². The predicted molar refractivity (Wildman–Crippen MR) is 64.2 cm³/mol. The second-order valence-electron chi connectivity index (χ2n) is 3.08. The van der Waals surface area contributed by atoms with E-state index in [-0.39, 0.29) is 17.4 Å². The summed E-state index contributed by atoms with van der Waals surface area (Å²) in [6, 6.07) is -0.0463. The van der Waals surface area contributed by atoms with Gasteiger partial charge in [0.15, 0.2) is 0 Å². The molecular formula is C9H14N6O3. The van der Waals surface area contributed by atoms with Gasteiger partial charge in [0.1, 0.15) is 0 Å². The van der Waals surface area contributed by atoms with E-state index < -0.39 is 0 Å². The summed E-state index contributed by atoms with van der Waals surface area (Å²) in [6.45, 7) is 1.55. The van der Waals surface area contributed by atoms with Crippen LogP contribution in [0.3, 0.4) is 0 Å². The van der Waals surface area contributed by atoms with Crippen LogP contribution in [0.5, 0.6) is 0 Å². The van der Waals surface area contributed by atoms with Crippen LogP contribution in [-0.2, 0) is 0 Å². The molecule has 0 aliphatic carbocycles. The second kappa shape index (κ2) is 7.54. The quantitative estimate of drug-likeness (QED) is 0.348. The maximum Gasteiger partial charge on any atom is 0.322 e. The number of hydrogen-bond acceptors (Lipinski definition) is 3. The zero-order chi connectivity index (χ0) is 13.2. The van der Waals surface area contributed by atoms with Crippen molar-refractivity contribution in [2.45, 2.75) is 0 Å². The van der Waals surface area contributed by atoms with Crippen molar-refractivity contribution in [2.24, 2.45) is 0 Å². The molecule has 1 fully saturated rings. The minimum Gasteiger partial charge on any atom is -0.336 e. The molecular weight excluding hydrogens is 240 g/mol. The number of H-pyrrole nitrogens is 4. The molecule has 9 heteroatoms. The molecule has 0 aromatic carbocycles. The van der Waals surface area contributed by atoms with Crippen molar-refractivity contribution < 1.29 is 4.79 Å². The molecule has 1 saturated heterocycles. The predicted octanol–water partition coefficient (Wildman–Crippen LogP) is -1.29. The zero-order valence-corrected chi connectivity index (χ0v) is 9.45. The molecule has 1 aliphatic rings. The molecule has 0 spiro atoms. The molecule has 0 unspecified atom stereocenters. The number of carbonyl (C=O) groups excluding carboxylic acids is 1. The highest BCUT2D eigenvalue weighted by molar-refractivity contribution is 5.75. The van der Waals surface area contributed by atoms with Gasteiger partial charge in [-0.05, 0) is 0 Å². The van der Waals surface area contributed by atoms with Gasteiger partial charge in [-0.15, -0.1) is 0 Å². The number of carbonyl (C=O) groups is 1. The van der Waals surface area contributed by atoms with E-state index >= 15 is 0 Å². The summed E-state index contributed by atoms with van der Waals surface area (Å²) in [6.07, 6.45) is 6.18. The lowest BCUT2D eigenvalue weighted by molar-refractivity contribution is 0.248. The van der Waals surface area contributed by atoms with Crippen molar-refractivity contribution in [3.63, 3.8) is 0 Å². The molecule has 6 N–H and O–H groups in total. The maximum atomic E-state index is 10.0. The van der Waals surface area contributed by atoms with Crippen LogP contribution in [0.1, 0.15) is 0 Å². The van der Waals surface area contributed by atoms with Crippen molar-refractivity contribution in [3.05, 3.63) is 45.8 Å². The van der Waals surface area contributed by atoms with Crippen LogP contribution in [-0.4, -0.2) is 39.1 Å². The summed E-state index contributed by atoms with van der Waals surface area (Å²) < 4.78 is 0. The van der Waals surface area contributed by atoms with E-state index in [1.54, 1.807) is 24.8 Å². The molecule has 0 radical (unpaired) electrons. The van der Waals surface area contributed by atoms with Crippen LogP contribution in [0.4, 0.5) is 4.79 Å². The van der Waals surface area contributed by atoms with Gasteiger partial charge in [-0.25, -0.2) is 14.4 Å². The number of aromatic amines is 4. The fraction of sp³-hybridized carbons (Fsp3) is 0.222. The second-order valence-corrected chi connectivity index (χ2v) is 3.08. The summed E-state index contributed by atoms with van der Waals surface area (Å²) in [4.78, 5) is 39.5. The van der Waals surface area contributed by atoms with E-state index in [4.69, 9.17) is 0 Å². The summed E-state index contributed by atoms with van der Waals surface area (Å²) in [5, 5.41) is 5.14. The van der Waals surface area contributed by atoms with Crippen LogP contribution >= 0.6 is 0 Å². The van der Waals surface area contributed by atoms with Crippen molar-refractivity contribution in [3.8, 4) is 0 Å². The van der Waals surface area contributed by atoms with Gasteiger partial charge in [0.05, 0.1) is 0 Å². The Balaban J connectivity index is 0.000000135. The van der Waals surface area contributed by atoms with Gasteiger partial charge in [-0.3, -0.25) is 0 Å². The number of amides is 2. The van der Waals surface area contributed by atoms with Crippen molar-refractivity contribution >= 4 is 6.03 Å². The fourth-order valence-corrected chi connectivity index (χ4v) is 0.967. The van der Waals surface area contributed by atoms with Gasteiger partial charge in [0.25, 0.3) is 0 Å². The third kappa shape index (κ3) is 6.00. The van der Waals surface area contributed by atoms with E-state index in [1.165, 1.54) is 0 Å². The van der Waals surface area contributed by atoms with Gasteiger partial charge in [-0.2, -0.15) is 0 Å². The normalized spacial score (nSPS) is 12.3. The van der Waals surface area contributed by atoms with Crippen LogP contribution in [0.15, 0.2) is 34.4 Å². The molecule has 18 heavy (non-hydrogen) atoms. The van der Waals surface area contributed by atoms with Crippen LogP contribution < -0.4 is 22.0 Å². The molecule has 0 saturated carbocycles. The maximum absolute atomic E-state index is 10.0. The standard InChI is InChI=1S/C3H6N2O.2C3H4N2O/c3*6-3-4-1-2-5-3/h1-2H2,(H2,4,5,6);2*1-2H,(H2,4,5,6). The molecule has 9 nitrogen and oxygen atoms in total. The number of hydrogen-bond donors (Lipinski definition) is 6. The highest BCUT2D eigenvalue weighted by Crippen LogP contribution is 1.70. The summed E-state index contributed by atoms with van der Waals surface area (Å²) in [7, 11) is 0. The largest absolute Gasteiger partial charge is 0.336 e. The first-order valence-corrected chi connectivity index (χ1v) is 5.14. The van der Waals surface area contributed by atoms with E-state index in [0.717, 1.165) is 13.1 Å². The van der Waals surface area contributed by atoms with Crippen molar-refractivity contribution in [1.82, 2.24) is 30.6 Å². The average molecular weight is 254 g/mol. The first-order chi connectivity index (χ1) is 8.68. The molecule has 0 bridgehead atoms. The molecule has 1 aliphatic heterocycles. The number of urea groups is 1. The Morgan fingerprint density at radius 2 is 1.00 bits per heavy atom. The number of rotatable bonds is 0. The molecule has 3 heterocycles. The van der Waals surface area contributed by atoms with Gasteiger partial charge in [-0.1, -0.05) is 0 Å². The number of aromatic nitrogens is 4. The Morgan fingerprint density at radius 3 is 1.11 bits per heavy atom. The Hall–Kier alpha value is -2.71. The van der Waals surface area contributed by atoms with Crippen LogP contribution in [0.2, 0.25) is 0 Å². The molecule has 2 amide bonds. The SMILES string of the molecule is O=C1NCCN1.O=c1[nH]cc[nH]1.O=c1[nH]cc[nH]1. The Labute approximate surface area is 101 Å².